The zero-order valence-corrected chi connectivity index (χ0v) is 17.3. The van der Waals surface area contributed by atoms with Gasteiger partial charge in [-0.05, 0) is 50.2 Å². The van der Waals surface area contributed by atoms with Gasteiger partial charge in [-0.25, -0.2) is 8.42 Å². The predicted molar refractivity (Wildman–Crippen MR) is 108 cm³/mol. The van der Waals surface area contributed by atoms with Crippen molar-refractivity contribution in [2.45, 2.75) is 31.0 Å². The number of nitrogens with zero attached hydrogens (tertiary/aromatic N) is 1. The lowest BCUT2D eigenvalue weighted by Gasteiger charge is -2.34. The van der Waals surface area contributed by atoms with Crippen LogP contribution in [0.3, 0.4) is 0 Å². The number of benzene rings is 2. The number of amides is 2. The van der Waals surface area contributed by atoms with Gasteiger partial charge in [-0.15, -0.1) is 0 Å². The van der Waals surface area contributed by atoms with Crippen LogP contribution in [0.2, 0.25) is 0 Å². The Bertz CT molecular complexity index is 1030. The van der Waals surface area contributed by atoms with Crippen molar-refractivity contribution in [2.24, 2.45) is 0 Å². The lowest BCUT2D eigenvalue weighted by atomic mass is 10.2. The number of aromatic hydroxyl groups is 1. The molecule has 3 N–H and O–H groups in total. The van der Waals surface area contributed by atoms with Crippen LogP contribution in [0.15, 0.2) is 53.4 Å². The van der Waals surface area contributed by atoms with E-state index >= 15 is 0 Å². The minimum absolute atomic E-state index is 0.00760. The van der Waals surface area contributed by atoms with E-state index in [1.807, 2.05) is 13.8 Å². The van der Waals surface area contributed by atoms with E-state index < -0.39 is 21.8 Å². The first kappa shape index (κ1) is 21.8. The number of carbonyl (C=O) groups excluding carboxylic acids is 2. The van der Waals surface area contributed by atoms with Gasteiger partial charge in [0.25, 0.3) is 11.8 Å². The van der Waals surface area contributed by atoms with E-state index in [0.717, 1.165) is 0 Å². The third-order valence-corrected chi connectivity index (χ3v) is 6.42. The Morgan fingerprint density at radius 3 is 2.13 bits per heavy atom. The first-order valence-electron chi connectivity index (χ1n) is 9.33. The molecule has 2 aromatic carbocycles. The van der Waals surface area contributed by atoms with Crippen molar-refractivity contribution in [1.29, 1.82) is 0 Å². The highest BCUT2D eigenvalue weighted by atomic mass is 32.2. The third kappa shape index (κ3) is 4.78. The molecule has 1 heterocycles. The van der Waals surface area contributed by atoms with Gasteiger partial charge in [0.2, 0.25) is 10.0 Å². The normalized spacial score (nSPS) is 19.8. The van der Waals surface area contributed by atoms with Crippen molar-refractivity contribution in [1.82, 2.24) is 15.2 Å². The summed E-state index contributed by atoms with van der Waals surface area (Å²) in [4.78, 5) is 24.4. The maximum absolute atomic E-state index is 12.9. The molecular formula is C20H23N3O6S. The number of hydrogen-bond acceptors (Lipinski definition) is 6. The van der Waals surface area contributed by atoms with Crippen LogP contribution in [-0.2, 0) is 14.8 Å². The topological polar surface area (TPSA) is 125 Å². The Morgan fingerprint density at radius 1 is 0.967 bits per heavy atom. The summed E-state index contributed by atoms with van der Waals surface area (Å²) in [5, 5.41) is 9.67. The van der Waals surface area contributed by atoms with Gasteiger partial charge in [0.15, 0.2) is 0 Å². The molecule has 1 fully saturated rings. The number of phenolic OH excluding ortho intramolecular Hbond substituents is 1. The minimum Gasteiger partial charge on any atom is -0.507 e. The highest BCUT2D eigenvalue weighted by Gasteiger charge is 2.32. The summed E-state index contributed by atoms with van der Waals surface area (Å²) in [7, 11) is -3.71. The molecular weight excluding hydrogens is 410 g/mol. The molecule has 0 spiro atoms. The number of sulfonamides is 1. The second-order valence-electron chi connectivity index (χ2n) is 7.03. The van der Waals surface area contributed by atoms with Crippen LogP contribution in [0.4, 0.5) is 0 Å². The van der Waals surface area contributed by atoms with Gasteiger partial charge < -0.3 is 9.84 Å². The van der Waals surface area contributed by atoms with Gasteiger partial charge in [0, 0.05) is 18.7 Å². The molecule has 2 atom stereocenters. The van der Waals surface area contributed by atoms with E-state index in [1.54, 1.807) is 12.1 Å². The zero-order valence-electron chi connectivity index (χ0n) is 16.5. The molecule has 160 valence electrons. The number of carbonyl (C=O) groups is 2. The summed E-state index contributed by atoms with van der Waals surface area (Å²) in [5.74, 6) is -1.53. The predicted octanol–water partition coefficient (Wildman–Crippen LogP) is 1.26. The van der Waals surface area contributed by atoms with Crippen LogP contribution >= 0.6 is 0 Å². The molecule has 0 bridgehead atoms. The highest BCUT2D eigenvalue weighted by Crippen LogP contribution is 2.21. The summed E-state index contributed by atoms with van der Waals surface area (Å²) < 4.78 is 32.6. The molecule has 3 rings (SSSR count). The Kier molecular flexibility index (Phi) is 6.40. The number of nitrogens with one attached hydrogen (secondary N) is 2. The highest BCUT2D eigenvalue weighted by molar-refractivity contribution is 7.89. The second-order valence-corrected chi connectivity index (χ2v) is 8.97. The fourth-order valence-electron chi connectivity index (χ4n) is 3.17. The van der Waals surface area contributed by atoms with Crippen LogP contribution in [0.1, 0.15) is 34.6 Å². The van der Waals surface area contributed by atoms with Crippen molar-refractivity contribution >= 4 is 21.8 Å². The Morgan fingerprint density at radius 2 is 1.53 bits per heavy atom. The third-order valence-electron chi connectivity index (χ3n) is 4.58. The zero-order chi connectivity index (χ0) is 21.9. The summed E-state index contributed by atoms with van der Waals surface area (Å²) >= 11 is 0. The first-order valence-corrected chi connectivity index (χ1v) is 10.8. The summed E-state index contributed by atoms with van der Waals surface area (Å²) in [6, 6.07) is 11.3. The molecule has 9 nitrogen and oxygen atoms in total. The molecule has 0 saturated carbocycles. The van der Waals surface area contributed by atoms with Gasteiger partial charge >= 0.3 is 0 Å². The lowest BCUT2D eigenvalue weighted by molar-refractivity contribution is -0.0440. The van der Waals surface area contributed by atoms with Gasteiger partial charge in [-0.1, -0.05) is 12.1 Å². The molecule has 0 aliphatic carbocycles. The maximum Gasteiger partial charge on any atom is 0.273 e. The molecule has 0 radical (unpaired) electrons. The number of phenols is 1. The van der Waals surface area contributed by atoms with Crippen molar-refractivity contribution in [3.05, 3.63) is 59.7 Å². The van der Waals surface area contributed by atoms with E-state index in [-0.39, 0.29) is 47.1 Å². The van der Waals surface area contributed by atoms with Crippen LogP contribution in [-0.4, -0.2) is 54.9 Å². The molecule has 30 heavy (non-hydrogen) atoms. The fourth-order valence-corrected chi connectivity index (χ4v) is 4.76. The fraction of sp³-hybridized carbons (Fsp3) is 0.300. The molecule has 2 aromatic rings. The first-order chi connectivity index (χ1) is 14.2. The SMILES string of the molecule is C[C@@H]1CN(S(=O)(=O)c2ccc(C(=O)NNC(=O)c3ccccc3O)cc2)C[C@@H](C)O1. The standard InChI is InChI=1S/C20H23N3O6S/c1-13-11-23(12-14(2)29-13)30(27,28)16-9-7-15(8-10-16)19(25)21-22-20(26)17-5-3-4-6-18(17)24/h3-10,13-14,24H,11-12H2,1-2H3,(H,21,25)(H,22,26)/t13-,14-/m1/s1. The number of morpholine rings is 1. The number of hydrogen-bond donors (Lipinski definition) is 3. The van der Waals surface area contributed by atoms with Crippen molar-refractivity contribution in [3.8, 4) is 5.75 Å². The smallest absolute Gasteiger partial charge is 0.273 e. The van der Waals surface area contributed by atoms with Gasteiger partial charge in [-0.3, -0.25) is 20.4 Å². The number of ether oxygens (including phenoxy) is 1. The van der Waals surface area contributed by atoms with Crippen LogP contribution < -0.4 is 10.9 Å². The lowest BCUT2D eigenvalue weighted by Crippen LogP contribution is -2.48. The van der Waals surface area contributed by atoms with Gasteiger partial charge in [0.05, 0.1) is 22.7 Å². The Hall–Kier alpha value is -2.95. The van der Waals surface area contributed by atoms with E-state index in [1.165, 1.54) is 40.7 Å². The molecule has 0 unspecified atom stereocenters. The number of para-hydroxylation sites is 1. The maximum atomic E-state index is 12.9. The largest absolute Gasteiger partial charge is 0.507 e. The number of rotatable bonds is 4. The summed E-state index contributed by atoms with van der Waals surface area (Å²) in [5.41, 5.74) is 4.61. The van der Waals surface area contributed by atoms with Crippen molar-refractivity contribution in [2.75, 3.05) is 13.1 Å². The van der Waals surface area contributed by atoms with Crippen LogP contribution in [0, 0.1) is 0 Å². The van der Waals surface area contributed by atoms with Gasteiger partial charge in [-0.2, -0.15) is 4.31 Å². The van der Waals surface area contributed by atoms with E-state index in [0.29, 0.717) is 0 Å². The van der Waals surface area contributed by atoms with Crippen LogP contribution in [0.5, 0.6) is 5.75 Å². The quantitative estimate of drug-likeness (QED) is 0.624. The summed E-state index contributed by atoms with van der Waals surface area (Å²) in [6.45, 7) is 4.14. The second kappa shape index (κ2) is 8.82. The average molecular weight is 433 g/mol. The van der Waals surface area contributed by atoms with E-state index in [9.17, 15) is 23.1 Å². The Labute approximate surface area is 174 Å². The van der Waals surface area contributed by atoms with Crippen molar-refractivity contribution in [3.63, 3.8) is 0 Å². The minimum atomic E-state index is -3.71. The summed E-state index contributed by atoms with van der Waals surface area (Å²) in [6.07, 6.45) is -0.414. The van der Waals surface area contributed by atoms with E-state index in [4.69, 9.17) is 4.74 Å². The van der Waals surface area contributed by atoms with Crippen LogP contribution in [0.25, 0.3) is 0 Å². The molecule has 0 aromatic heterocycles. The molecule has 2 amide bonds. The molecule has 10 heteroatoms. The Balaban J connectivity index is 1.65. The monoisotopic (exact) mass is 433 g/mol. The average Bonchev–Trinajstić information content (AvgIpc) is 2.71. The molecule has 1 saturated heterocycles. The molecule has 1 aliphatic rings. The molecule has 1 aliphatic heterocycles. The van der Waals surface area contributed by atoms with Gasteiger partial charge in [0.1, 0.15) is 5.75 Å². The number of hydrazine groups is 1. The van der Waals surface area contributed by atoms with Crippen molar-refractivity contribution < 1.29 is 27.9 Å². The van der Waals surface area contributed by atoms with E-state index in [2.05, 4.69) is 10.9 Å².